The van der Waals surface area contributed by atoms with Crippen molar-refractivity contribution in [3.05, 3.63) is 29.8 Å². The SMILES string of the molecule is CCOC(=O)c1ccc(NC(=O)C2CC2N)cc1. The Morgan fingerprint density at radius 1 is 1.39 bits per heavy atom. The van der Waals surface area contributed by atoms with Crippen LogP contribution in [0.5, 0.6) is 0 Å². The van der Waals surface area contributed by atoms with Gasteiger partial charge in [-0.3, -0.25) is 4.79 Å². The lowest BCUT2D eigenvalue weighted by molar-refractivity contribution is -0.117. The molecule has 0 aliphatic heterocycles. The number of hydrogen-bond acceptors (Lipinski definition) is 4. The molecule has 2 atom stereocenters. The number of anilines is 1. The fourth-order valence-corrected chi connectivity index (χ4v) is 1.66. The number of esters is 1. The van der Waals surface area contributed by atoms with Gasteiger partial charge < -0.3 is 15.8 Å². The number of benzene rings is 1. The average Bonchev–Trinajstić information content (AvgIpc) is 3.08. The van der Waals surface area contributed by atoms with Gasteiger partial charge in [0.15, 0.2) is 0 Å². The van der Waals surface area contributed by atoms with Gasteiger partial charge in [-0.1, -0.05) is 0 Å². The predicted molar refractivity (Wildman–Crippen MR) is 67.1 cm³/mol. The highest BCUT2D eigenvalue weighted by molar-refractivity contribution is 5.95. The first kappa shape index (κ1) is 12.6. The molecule has 0 bridgehead atoms. The molecule has 3 N–H and O–H groups in total. The Morgan fingerprint density at radius 3 is 2.50 bits per heavy atom. The minimum Gasteiger partial charge on any atom is -0.462 e. The number of hydrogen-bond donors (Lipinski definition) is 2. The van der Waals surface area contributed by atoms with E-state index in [9.17, 15) is 9.59 Å². The molecule has 0 radical (unpaired) electrons. The van der Waals surface area contributed by atoms with Gasteiger partial charge in [-0.05, 0) is 37.6 Å². The van der Waals surface area contributed by atoms with Gasteiger partial charge in [0.1, 0.15) is 0 Å². The molecule has 1 amide bonds. The number of carbonyl (C=O) groups excluding carboxylic acids is 2. The molecule has 1 saturated carbocycles. The van der Waals surface area contributed by atoms with Crippen molar-refractivity contribution >= 4 is 17.6 Å². The minimum atomic E-state index is -0.361. The fraction of sp³-hybridized carbons (Fsp3) is 0.385. The minimum absolute atomic E-state index is 0.0104. The molecular formula is C13H16N2O3. The first-order chi connectivity index (χ1) is 8.61. The van der Waals surface area contributed by atoms with Gasteiger partial charge in [-0.2, -0.15) is 0 Å². The summed E-state index contributed by atoms with van der Waals surface area (Å²) in [5, 5.41) is 2.76. The summed E-state index contributed by atoms with van der Waals surface area (Å²) >= 11 is 0. The Bertz CT molecular complexity index is 456. The topological polar surface area (TPSA) is 81.4 Å². The van der Waals surface area contributed by atoms with Crippen LogP contribution in [0.25, 0.3) is 0 Å². The Labute approximate surface area is 105 Å². The van der Waals surface area contributed by atoms with Crippen molar-refractivity contribution in [3.8, 4) is 0 Å². The highest BCUT2D eigenvalue weighted by Crippen LogP contribution is 2.29. The van der Waals surface area contributed by atoms with Gasteiger partial charge in [0.2, 0.25) is 5.91 Å². The Morgan fingerprint density at radius 2 is 2.00 bits per heavy atom. The number of amides is 1. The van der Waals surface area contributed by atoms with E-state index in [-0.39, 0.29) is 23.8 Å². The molecule has 96 valence electrons. The van der Waals surface area contributed by atoms with E-state index in [4.69, 9.17) is 10.5 Å². The Hall–Kier alpha value is -1.88. The van der Waals surface area contributed by atoms with E-state index in [1.54, 1.807) is 31.2 Å². The number of rotatable bonds is 4. The molecule has 0 saturated heterocycles. The standard InChI is InChI=1S/C13H16N2O3/c1-2-18-13(17)8-3-5-9(6-4-8)15-12(16)10-7-11(10)14/h3-6,10-11H,2,7,14H2,1H3,(H,15,16). The second kappa shape index (κ2) is 5.18. The van der Waals surface area contributed by atoms with E-state index < -0.39 is 0 Å². The molecule has 5 nitrogen and oxygen atoms in total. The lowest BCUT2D eigenvalue weighted by atomic mass is 10.2. The Kier molecular flexibility index (Phi) is 3.62. The maximum atomic E-state index is 11.6. The Balaban J connectivity index is 1.95. The summed E-state index contributed by atoms with van der Waals surface area (Å²) in [5.41, 5.74) is 6.73. The number of nitrogens with two attached hydrogens (primary N) is 1. The van der Waals surface area contributed by atoms with Crippen molar-refractivity contribution in [1.82, 2.24) is 0 Å². The first-order valence-electron chi connectivity index (χ1n) is 5.95. The van der Waals surface area contributed by atoms with Gasteiger partial charge >= 0.3 is 5.97 Å². The highest BCUT2D eigenvalue weighted by Gasteiger charge is 2.39. The van der Waals surface area contributed by atoms with Gasteiger partial charge in [-0.25, -0.2) is 4.79 Å². The molecular weight excluding hydrogens is 232 g/mol. The molecule has 1 aliphatic carbocycles. The van der Waals surface area contributed by atoms with E-state index in [0.29, 0.717) is 17.9 Å². The fourth-order valence-electron chi connectivity index (χ4n) is 1.66. The average molecular weight is 248 g/mol. The molecule has 5 heteroatoms. The van der Waals surface area contributed by atoms with E-state index in [2.05, 4.69) is 5.32 Å². The monoisotopic (exact) mass is 248 g/mol. The summed E-state index contributed by atoms with van der Waals surface area (Å²) in [7, 11) is 0. The summed E-state index contributed by atoms with van der Waals surface area (Å²) in [6, 6.07) is 6.60. The van der Waals surface area contributed by atoms with Crippen LogP contribution in [0.15, 0.2) is 24.3 Å². The molecule has 0 aromatic heterocycles. The van der Waals surface area contributed by atoms with Crippen LogP contribution in [-0.4, -0.2) is 24.5 Å². The quantitative estimate of drug-likeness (QED) is 0.783. The van der Waals surface area contributed by atoms with Gasteiger partial charge in [0.25, 0.3) is 0 Å². The van der Waals surface area contributed by atoms with Crippen LogP contribution in [0.3, 0.4) is 0 Å². The maximum Gasteiger partial charge on any atom is 0.338 e. The van der Waals surface area contributed by atoms with E-state index in [1.807, 2.05) is 0 Å². The van der Waals surface area contributed by atoms with Crippen molar-refractivity contribution in [3.63, 3.8) is 0 Å². The van der Waals surface area contributed by atoms with Gasteiger partial charge in [0.05, 0.1) is 18.1 Å². The molecule has 1 aromatic carbocycles. The molecule has 1 fully saturated rings. The second-order valence-corrected chi connectivity index (χ2v) is 4.29. The zero-order valence-electron chi connectivity index (χ0n) is 10.2. The van der Waals surface area contributed by atoms with E-state index >= 15 is 0 Å². The summed E-state index contributed by atoms with van der Waals surface area (Å²) < 4.78 is 4.87. The van der Waals surface area contributed by atoms with Gasteiger partial charge in [-0.15, -0.1) is 0 Å². The van der Waals surface area contributed by atoms with Crippen LogP contribution in [-0.2, 0) is 9.53 Å². The van der Waals surface area contributed by atoms with Crippen molar-refractivity contribution in [2.75, 3.05) is 11.9 Å². The van der Waals surface area contributed by atoms with E-state index in [1.165, 1.54) is 0 Å². The van der Waals surface area contributed by atoms with Crippen LogP contribution in [0, 0.1) is 5.92 Å². The largest absolute Gasteiger partial charge is 0.462 e. The third-order valence-electron chi connectivity index (χ3n) is 2.84. The first-order valence-corrected chi connectivity index (χ1v) is 5.95. The maximum absolute atomic E-state index is 11.6. The van der Waals surface area contributed by atoms with Crippen LogP contribution >= 0.6 is 0 Å². The third kappa shape index (κ3) is 2.87. The molecule has 2 rings (SSSR count). The van der Waals surface area contributed by atoms with Crippen LogP contribution < -0.4 is 11.1 Å². The summed E-state index contributed by atoms with van der Waals surface area (Å²) in [5.74, 6) is -0.499. The summed E-state index contributed by atoms with van der Waals surface area (Å²) in [4.78, 5) is 23.0. The lowest BCUT2D eigenvalue weighted by Gasteiger charge is -2.05. The van der Waals surface area contributed by atoms with E-state index in [0.717, 1.165) is 6.42 Å². The zero-order valence-corrected chi connectivity index (χ0v) is 10.2. The molecule has 0 heterocycles. The van der Waals surface area contributed by atoms with Crippen molar-refractivity contribution in [2.24, 2.45) is 11.7 Å². The van der Waals surface area contributed by atoms with Gasteiger partial charge in [0, 0.05) is 11.7 Å². The molecule has 1 aromatic rings. The number of nitrogens with one attached hydrogen (secondary N) is 1. The number of ether oxygens (including phenoxy) is 1. The molecule has 2 unspecified atom stereocenters. The predicted octanol–water partition coefficient (Wildman–Crippen LogP) is 1.15. The van der Waals surface area contributed by atoms with Crippen LogP contribution in [0.1, 0.15) is 23.7 Å². The molecule has 0 spiro atoms. The smallest absolute Gasteiger partial charge is 0.338 e. The molecule has 1 aliphatic rings. The third-order valence-corrected chi connectivity index (χ3v) is 2.84. The van der Waals surface area contributed by atoms with Crippen LogP contribution in [0.4, 0.5) is 5.69 Å². The highest BCUT2D eigenvalue weighted by atomic mass is 16.5. The van der Waals surface area contributed by atoms with Crippen LogP contribution in [0.2, 0.25) is 0 Å². The summed E-state index contributed by atoms with van der Waals surface area (Å²) in [6.07, 6.45) is 0.743. The lowest BCUT2D eigenvalue weighted by Crippen LogP contribution is -2.18. The number of carbonyl (C=O) groups is 2. The normalized spacial score (nSPS) is 21.2. The molecule has 18 heavy (non-hydrogen) atoms. The zero-order chi connectivity index (χ0) is 13.1. The summed E-state index contributed by atoms with van der Waals surface area (Å²) in [6.45, 7) is 2.10. The van der Waals surface area contributed by atoms with Crippen molar-refractivity contribution in [1.29, 1.82) is 0 Å². The second-order valence-electron chi connectivity index (χ2n) is 4.29. The van der Waals surface area contributed by atoms with Crippen molar-refractivity contribution < 1.29 is 14.3 Å². The van der Waals surface area contributed by atoms with Crippen molar-refractivity contribution in [2.45, 2.75) is 19.4 Å².